The Kier molecular flexibility index (Phi) is 7.79. The third kappa shape index (κ3) is 4.99. The monoisotopic (exact) mass is 558 g/mol. The maximum absolute atomic E-state index is 13.6. The average molecular weight is 558 g/mol. The molecule has 20 heteroatoms. The van der Waals surface area contributed by atoms with Crippen LogP contribution in [-0.4, -0.2) is 4.89 Å². The summed E-state index contributed by atoms with van der Waals surface area (Å²) in [5.41, 5.74) is 0. The van der Waals surface area contributed by atoms with Gasteiger partial charge in [-0.15, -0.1) is 0 Å². The zero-order chi connectivity index (χ0) is 24.8. The number of phosphoric ester groups is 1. The second-order valence-corrected chi connectivity index (χ2v) is 11.4. The molecule has 2 aromatic carbocycles. The Hall–Kier alpha value is -1.58. The fraction of sp³-hybridized carbons (Fsp3) is 0. The van der Waals surface area contributed by atoms with E-state index in [4.69, 9.17) is 0 Å². The summed E-state index contributed by atoms with van der Waals surface area (Å²) in [6.07, 6.45) is 0. The molecule has 0 spiro atoms. The zero-order valence-electron chi connectivity index (χ0n) is 14.0. The molecule has 1 N–H and O–H groups in total. The van der Waals surface area contributed by atoms with E-state index in [0.717, 1.165) is 0 Å². The van der Waals surface area contributed by atoms with Crippen molar-refractivity contribution in [2.24, 2.45) is 0 Å². The Morgan fingerprint density at radius 1 is 0.594 bits per heavy atom. The molecule has 0 heterocycles. The van der Waals surface area contributed by atoms with Gasteiger partial charge in [0.05, 0.1) is 0 Å². The fourth-order valence-corrected chi connectivity index (χ4v) is 6.41. The van der Waals surface area contributed by atoms with Gasteiger partial charge in [-0.3, -0.25) is 4.89 Å². The summed E-state index contributed by atoms with van der Waals surface area (Å²) in [6, 6.07) is 0. The van der Waals surface area contributed by atoms with Gasteiger partial charge in [-0.1, -0.05) is 11.7 Å². The highest BCUT2D eigenvalue weighted by atomic mass is 33.3. The second kappa shape index (κ2) is 9.35. The minimum atomic E-state index is -6.26. The van der Waals surface area contributed by atoms with E-state index in [-0.39, 0.29) is 0 Å². The lowest BCUT2D eigenvalue weighted by atomic mass is 10.3. The maximum Gasteiger partial charge on any atom is 0.536 e. The highest BCUT2D eigenvalue weighted by Crippen LogP contribution is 2.71. The Bertz CT molecular complexity index is 1140. The molecule has 0 radical (unpaired) electrons. The van der Waals surface area contributed by atoms with Gasteiger partial charge in [0, 0.05) is 10.4 Å². The van der Waals surface area contributed by atoms with Crippen LogP contribution in [0, 0.1) is 58.2 Å². The standard InChI is InChI=1S/C12H2F10O6P2S2/c13-1-3(15)7(19)11(8(20)4(1)16)26-29(23,24)28-30(25,32-31)27-12-9(21)5(17)2(14)6(18)10(12)22/h31H,(H,23,24). The molecule has 2 rings (SSSR count). The number of halogens is 10. The van der Waals surface area contributed by atoms with Gasteiger partial charge in [0.15, 0.2) is 0 Å². The molecular weight excluding hydrogens is 556 g/mol. The van der Waals surface area contributed by atoms with Crippen LogP contribution in [0.2, 0.25) is 0 Å². The average Bonchev–Trinajstić information content (AvgIpc) is 2.74. The number of thiol groups is 1. The summed E-state index contributed by atoms with van der Waals surface area (Å²) in [5.74, 6) is -31.5. The lowest BCUT2D eigenvalue weighted by molar-refractivity contribution is 0.258. The van der Waals surface area contributed by atoms with Gasteiger partial charge in [0.25, 0.3) is 0 Å². The van der Waals surface area contributed by atoms with E-state index in [2.05, 4.69) is 25.0 Å². The van der Waals surface area contributed by atoms with Gasteiger partial charge in [0.1, 0.15) is 0 Å². The molecule has 2 atom stereocenters. The first-order valence-corrected chi connectivity index (χ1v) is 12.5. The molecule has 0 aliphatic carbocycles. The molecule has 0 fully saturated rings. The van der Waals surface area contributed by atoms with Gasteiger partial charge in [-0.25, -0.2) is 35.5 Å². The van der Waals surface area contributed by atoms with Crippen molar-refractivity contribution in [1.29, 1.82) is 0 Å². The van der Waals surface area contributed by atoms with E-state index < -0.39 is 94.7 Å². The van der Waals surface area contributed by atoms with E-state index >= 15 is 0 Å². The minimum absolute atomic E-state index is 0.619. The van der Waals surface area contributed by atoms with Crippen molar-refractivity contribution in [1.82, 2.24) is 0 Å². The molecule has 178 valence electrons. The minimum Gasteiger partial charge on any atom is -0.410 e. The summed E-state index contributed by atoms with van der Waals surface area (Å²) in [7, 11) is -6.88. The SMILES string of the molecule is O=P(O)(Oc1c(F)c(F)c(F)c(F)c1F)OP(=O)(Oc1c(F)c(F)c(F)c(F)c1F)SS. The third-order valence-corrected chi connectivity index (χ3v) is 8.92. The van der Waals surface area contributed by atoms with Crippen LogP contribution in [0.25, 0.3) is 0 Å². The number of hydrogen-bond donors (Lipinski definition) is 2. The Morgan fingerprint density at radius 3 is 1.19 bits per heavy atom. The first-order valence-electron chi connectivity index (χ1n) is 6.96. The Morgan fingerprint density at radius 2 is 0.875 bits per heavy atom. The van der Waals surface area contributed by atoms with Crippen LogP contribution >= 0.6 is 36.7 Å². The van der Waals surface area contributed by atoms with Crippen LogP contribution in [0.15, 0.2) is 0 Å². The van der Waals surface area contributed by atoms with Crippen molar-refractivity contribution in [3.8, 4) is 11.5 Å². The number of benzene rings is 2. The fourth-order valence-electron chi connectivity index (χ4n) is 1.75. The van der Waals surface area contributed by atoms with E-state index in [1.165, 1.54) is 0 Å². The summed E-state index contributed by atoms with van der Waals surface area (Å²) in [6.45, 7) is -5.65. The quantitative estimate of drug-likeness (QED) is 0.103. The molecule has 0 saturated heterocycles. The predicted molar refractivity (Wildman–Crippen MR) is 88.8 cm³/mol. The summed E-state index contributed by atoms with van der Waals surface area (Å²) < 4.78 is 169. The molecule has 0 aliphatic heterocycles. The number of hydrogen-bond acceptors (Lipinski definition) is 7. The molecule has 6 nitrogen and oxygen atoms in total. The molecule has 0 saturated carbocycles. The van der Waals surface area contributed by atoms with E-state index in [0.29, 0.717) is 0 Å². The molecule has 0 aliphatic rings. The van der Waals surface area contributed by atoms with Crippen molar-refractivity contribution in [2.45, 2.75) is 0 Å². The second-order valence-electron chi connectivity index (χ2n) is 5.06. The first kappa shape index (κ1) is 26.7. The molecule has 32 heavy (non-hydrogen) atoms. The van der Waals surface area contributed by atoms with Gasteiger partial charge in [-0.2, -0.15) is 21.9 Å². The number of rotatable bonds is 7. The van der Waals surface area contributed by atoms with Crippen molar-refractivity contribution in [2.75, 3.05) is 0 Å². The van der Waals surface area contributed by atoms with Crippen LogP contribution in [0.4, 0.5) is 43.9 Å². The topological polar surface area (TPSA) is 82.1 Å². The largest absolute Gasteiger partial charge is 0.536 e. The van der Waals surface area contributed by atoms with Crippen LogP contribution in [0.5, 0.6) is 11.5 Å². The number of phosphoric acid groups is 1. The third-order valence-electron chi connectivity index (χ3n) is 3.05. The van der Waals surface area contributed by atoms with E-state index in [1.54, 1.807) is 0 Å². The van der Waals surface area contributed by atoms with E-state index in [1.807, 2.05) is 0 Å². The Balaban J connectivity index is 2.45. The predicted octanol–water partition coefficient (Wildman–Crippen LogP) is 6.34. The van der Waals surface area contributed by atoms with Gasteiger partial charge in [-0.05, 0) is 0 Å². The first-order chi connectivity index (χ1) is 14.6. The normalized spacial score (nSPS) is 15.2. The molecular formula is C12H2F10O6P2S2. The lowest BCUT2D eigenvalue weighted by Gasteiger charge is -2.20. The van der Waals surface area contributed by atoms with Gasteiger partial charge in [0.2, 0.25) is 69.7 Å². The summed E-state index contributed by atoms with van der Waals surface area (Å²) >= 11 is 3.19. The molecule has 2 aromatic rings. The van der Waals surface area contributed by atoms with Crippen molar-refractivity contribution < 1.29 is 71.3 Å². The highest BCUT2D eigenvalue weighted by molar-refractivity contribution is 8.93. The van der Waals surface area contributed by atoms with Crippen LogP contribution in [-0.2, 0) is 13.4 Å². The zero-order valence-corrected chi connectivity index (χ0v) is 17.5. The molecule has 0 amide bonds. The van der Waals surface area contributed by atoms with Gasteiger partial charge >= 0.3 is 14.6 Å². The molecule has 2 unspecified atom stereocenters. The molecule has 0 bridgehead atoms. The van der Waals surface area contributed by atoms with E-state index in [9.17, 15) is 57.9 Å². The van der Waals surface area contributed by atoms with Crippen LogP contribution in [0.3, 0.4) is 0 Å². The molecule has 0 aromatic heterocycles. The van der Waals surface area contributed by atoms with Crippen molar-refractivity contribution >= 4 is 36.7 Å². The highest BCUT2D eigenvalue weighted by Gasteiger charge is 2.43. The Labute approximate surface area is 178 Å². The maximum atomic E-state index is 13.6. The lowest BCUT2D eigenvalue weighted by Crippen LogP contribution is -2.08. The van der Waals surface area contributed by atoms with Crippen LogP contribution in [0.1, 0.15) is 0 Å². The van der Waals surface area contributed by atoms with Gasteiger partial charge < -0.3 is 9.05 Å². The van der Waals surface area contributed by atoms with Crippen molar-refractivity contribution in [3.05, 3.63) is 58.2 Å². The smallest absolute Gasteiger partial charge is 0.410 e. The summed E-state index contributed by atoms with van der Waals surface area (Å²) in [4.78, 5) is 9.45. The summed E-state index contributed by atoms with van der Waals surface area (Å²) in [5, 5.41) is 0. The van der Waals surface area contributed by atoms with Crippen LogP contribution < -0.4 is 9.05 Å². The van der Waals surface area contributed by atoms with Crippen molar-refractivity contribution in [3.63, 3.8) is 0 Å².